The van der Waals surface area contributed by atoms with E-state index in [0.717, 1.165) is 17.3 Å². The van der Waals surface area contributed by atoms with Crippen LogP contribution in [0.4, 0.5) is 23.8 Å². The summed E-state index contributed by atoms with van der Waals surface area (Å²) >= 11 is 0. The van der Waals surface area contributed by atoms with E-state index < -0.39 is 29.5 Å². The Kier molecular flexibility index (Phi) is 7.46. The fourth-order valence-electron chi connectivity index (χ4n) is 3.26. The van der Waals surface area contributed by atoms with Crippen molar-refractivity contribution in [1.82, 2.24) is 14.9 Å². The van der Waals surface area contributed by atoms with Gasteiger partial charge in [0.25, 0.3) is 0 Å². The van der Waals surface area contributed by atoms with E-state index in [1.54, 1.807) is 25.7 Å². The van der Waals surface area contributed by atoms with Gasteiger partial charge in [-0.25, -0.2) is 14.8 Å². The summed E-state index contributed by atoms with van der Waals surface area (Å²) in [6.07, 6.45) is -4.25. The highest BCUT2D eigenvalue weighted by molar-refractivity contribution is 6.35. The fraction of sp³-hybridized carbons (Fsp3) is 0.632. The molecule has 1 aromatic rings. The average Bonchev–Trinajstić information content (AvgIpc) is 2.65. The van der Waals surface area contributed by atoms with Gasteiger partial charge in [-0.3, -0.25) is 9.63 Å². The second kappa shape index (κ2) is 9.33. The van der Waals surface area contributed by atoms with Gasteiger partial charge in [-0.15, -0.1) is 0 Å². The van der Waals surface area contributed by atoms with Crippen LogP contribution in [0.25, 0.3) is 0 Å². The summed E-state index contributed by atoms with van der Waals surface area (Å²) in [5, 5.41) is 1.07. The highest BCUT2D eigenvalue weighted by Gasteiger charge is 2.36. The van der Waals surface area contributed by atoms with Crippen LogP contribution in [-0.2, 0) is 20.5 Å². The molecule has 2 rings (SSSR count). The Morgan fingerprint density at radius 3 is 2.45 bits per heavy atom. The van der Waals surface area contributed by atoms with Gasteiger partial charge in [0.05, 0.1) is 25.1 Å². The molecule has 1 unspecified atom stereocenters. The van der Waals surface area contributed by atoms with Crippen molar-refractivity contribution in [1.29, 1.82) is 0 Å². The van der Waals surface area contributed by atoms with Crippen molar-refractivity contribution in [3.05, 3.63) is 17.8 Å². The lowest BCUT2D eigenvalue weighted by Crippen LogP contribution is -2.57. The molecule has 0 spiro atoms. The number of aromatic nitrogens is 1. The molecule has 0 aliphatic carbocycles. The minimum Gasteiger partial charge on any atom is -0.444 e. The number of rotatable bonds is 4. The molecular weight excluding hydrogens is 416 g/mol. The maximum atomic E-state index is 13.0. The smallest absolute Gasteiger partial charge is 0.417 e. The van der Waals surface area contributed by atoms with E-state index in [4.69, 9.17) is 9.57 Å². The van der Waals surface area contributed by atoms with Crippen LogP contribution >= 0.6 is 0 Å². The first kappa shape index (κ1) is 24.8. The normalized spacial score (nSPS) is 17.5. The molecule has 1 fully saturated rings. The number of hydrogen-bond acceptors (Lipinski definition) is 6. The van der Waals surface area contributed by atoms with E-state index in [1.165, 1.54) is 26.9 Å². The average molecular weight is 444 g/mol. The van der Waals surface area contributed by atoms with Crippen molar-refractivity contribution in [2.75, 3.05) is 38.7 Å². The van der Waals surface area contributed by atoms with Crippen molar-refractivity contribution >= 4 is 31.1 Å². The Hall–Kier alpha value is -2.50. The van der Waals surface area contributed by atoms with Gasteiger partial charge in [0.1, 0.15) is 19.3 Å². The van der Waals surface area contributed by atoms with Crippen molar-refractivity contribution in [3.8, 4) is 0 Å². The first-order chi connectivity index (χ1) is 14.2. The number of carbonyl (C=O) groups excluding carboxylic acids is 2. The van der Waals surface area contributed by atoms with Crippen LogP contribution in [0.1, 0.15) is 32.8 Å². The molecule has 0 N–H and O–H groups in total. The third-order valence-corrected chi connectivity index (χ3v) is 4.82. The predicted molar refractivity (Wildman–Crippen MR) is 111 cm³/mol. The van der Waals surface area contributed by atoms with Crippen LogP contribution < -0.4 is 10.4 Å². The van der Waals surface area contributed by atoms with Crippen LogP contribution in [0.5, 0.6) is 0 Å². The number of hydroxylamine groups is 2. The summed E-state index contributed by atoms with van der Waals surface area (Å²) in [6.45, 7) is 5.98. The number of ether oxygens (including phenoxy) is 1. The highest BCUT2D eigenvalue weighted by atomic mass is 19.4. The molecule has 2 amide bonds. The van der Waals surface area contributed by atoms with Crippen molar-refractivity contribution in [2.45, 2.75) is 45.0 Å². The van der Waals surface area contributed by atoms with E-state index in [2.05, 4.69) is 4.98 Å². The van der Waals surface area contributed by atoms with Gasteiger partial charge in [0, 0.05) is 32.9 Å². The summed E-state index contributed by atoms with van der Waals surface area (Å²) in [6, 6.07) is 0.511. The molecule has 2 heterocycles. The lowest BCUT2D eigenvalue weighted by atomic mass is 9.93. The van der Waals surface area contributed by atoms with E-state index in [9.17, 15) is 22.8 Å². The second-order valence-electron chi connectivity index (χ2n) is 8.41. The fourth-order valence-corrected chi connectivity index (χ4v) is 3.26. The zero-order valence-electron chi connectivity index (χ0n) is 18.6. The Morgan fingerprint density at radius 1 is 1.29 bits per heavy atom. The Bertz CT molecular complexity index is 816. The van der Waals surface area contributed by atoms with Gasteiger partial charge in [0.2, 0.25) is 5.91 Å². The number of amides is 2. The van der Waals surface area contributed by atoms with Crippen molar-refractivity contribution in [2.24, 2.45) is 0 Å². The van der Waals surface area contributed by atoms with Crippen LogP contribution in [0.3, 0.4) is 0 Å². The Balaban J connectivity index is 2.31. The SMILES string of the molecule is Bc1cc(C(F)(F)F)cnc1N1CCN(C(=O)OC(C)(C)C)CC1CC(=O)N(C)OC. The molecule has 1 aromatic heterocycles. The Morgan fingerprint density at radius 2 is 1.94 bits per heavy atom. The monoisotopic (exact) mass is 444 g/mol. The number of nitrogens with zero attached hydrogens (tertiary/aromatic N) is 4. The number of carbonyl (C=O) groups is 2. The van der Waals surface area contributed by atoms with Gasteiger partial charge in [-0.2, -0.15) is 13.2 Å². The Labute approximate surface area is 180 Å². The van der Waals surface area contributed by atoms with Crippen LogP contribution in [0, 0.1) is 0 Å². The maximum Gasteiger partial charge on any atom is 0.417 e. The number of piperazine rings is 1. The standard InChI is InChI=1S/C19H28BF3N4O4/c1-18(2,3)31-17(29)26-6-7-27(13(11-26)9-15(28)25(4)30-5)16-14(20)8-12(10-24-16)19(21,22)23/h8,10,13H,6-7,9,11,20H2,1-5H3. The third-order valence-electron chi connectivity index (χ3n) is 4.82. The van der Waals surface area contributed by atoms with Gasteiger partial charge in [-0.05, 0) is 26.2 Å². The molecule has 0 aromatic carbocycles. The van der Waals surface area contributed by atoms with Crippen LogP contribution in [-0.4, -0.2) is 80.2 Å². The number of halogens is 3. The molecule has 1 atom stereocenters. The molecule has 1 aliphatic heterocycles. The summed E-state index contributed by atoms with van der Waals surface area (Å²) in [4.78, 5) is 37.2. The zero-order valence-corrected chi connectivity index (χ0v) is 18.6. The van der Waals surface area contributed by atoms with E-state index in [-0.39, 0.29) is 32.0 Å². The molecule has 0 saturated carbocycles. The lowest BCUT2D eigenvalue weighted by Gasteiger charge is -2.43. The van der Waals surface area contributed by atoms with Gasteiger partial charge < -0.3 is 14.5 Å². The van der Waals surface area contributed by atoms with Gasteiger partial charge >= 0.3 is 12.3 Å². The van der Waals surface area contributed by atoms with Crippen molar-refractivity contribution < 1.29 is 32.3 Å². The third kappa shape index (κ3) is 6.49. The minimum atomic E-state index is -4.50. The molecule has 8 nitrogen and oxygen atoms in total. The molecule has 1 saturated heterocycles. The van der Waals surface area contributed by atoms with E-state index in [0.29, 0.717) is 11.3 Å². The maximum absolute atomic E-state index is 13.0. The molecule has 1 aliphatic rings. The lowest BCUT2D eigenvalue weighted by molar-refractivity contribution is -0.169. The summed E-state index contributed by atoms with van der Waals surface area (Å²) in [5.74, 6) is 0.00260. The van der Waals surface area contributed by atoms with Crippen LogP contribution in [0.15, 0.2) is 12.3 Å². The molecule has 172 valence electrons. The van der Waals surface area contributed by atoms with Gasteiger partial charge in [0.15, 0.2) is 0 Å². The number of hydrogen-bond donors (Lipinski definition) is 0. The van der Waals surface area contributed by atoms with Gasteiger partial charge in [-0.1, -0.05) is 6.07 Å². The van der Waals surface area contributed by atoms with Crippen LogP contribution in [0.2, 0.25) is 0 Å². The molecule has 12 heteroatoms. The first-order valence-corrected chi connectivity index (χ1v) is 9.82. The first-order valence-electron chi connectivity index (χ1n) is 9.82. The van der Waals surface area contributed by atoms with E-state index in [1.807, 2.05) is 0 Å². The van der Waals surface area contributed by atoms with Crippen molar-refractivity contribution in [3.63, 3.8) is 0 Å². The zero-order chi connectivity index (χ0) is 23.6. The molecule has 0 bridgehead atoms. The minimum absolute atomic E-state index is 0.0220. The molecular formula is C19H28BF3N4O4. The topological polar surface area (TPSA) is 75.2 Å². The molecule has 31 heavy (non-hydrogen) atoms. The summed E-state index contributed by atoms with van der Waals surface area (Å²) in [7, 11) is 4.35. The summed E-state index contributed by atoms with van der Waals surface area (Å²) in [5.41, 5.74) is -1.19. The second-order valence-corrected chi connectivity index (χ2v) is 8.41. The number of alkyl halides is 3. The summed E-state index contributed by atoms with van der Waals surface area (Å²) < 4.78 is 44.5. The predicted octanol–water partition coefficient (Wildman–Crippen LogP) is 1.19. The highest BCUT2D eigenvalue weighted by Crippen LogP contribution is 2.29. The molecule has 0 radical (unpaired) electrons. The van der Waals surface area contributed by atoms with E-state index >= 15 is 0 Å². The quantitative estimate of drug-likeness (QED) is 0.513. The largest absolute Gasteiger partial charge is 0.444 e. The number of pyridine rings is 1. The number of anilines is 1.